The number of amides is 2. The van der Waals surface area contributed by atoms with Gasteiger partial charge in [-0.3, -0.25) is 9.80 Å². The number of hydrogen-bond acceptors (Lipinski definition) is 6. The second kappa shape index (κ2) is 8.54. The molecule has 4 rings (SSSR count). The molecule has 2 atom stereocenters. The summed E-state index contributed by atoms with van der Waals surface area (Å²) in [6.45, 7) is 0.880. The second-order valence-corrected chi connectivity index (χ2v) is 7.80. The Bertz CT molecular complexity index is 781. The van der Waals surface area contributed by atoms with Gasteiger partial charge in [0, 0.05) is 18.4 Å². The molecule has 1 aromatic carbocycles. The van der Waals surface area contributed by atoms with E-state index in [-0.39, 0.29) is 12.2 Å². The number of hydrogen-bond donors (Lipinski definition) is 1. The predicted molar refractivity (Wildman–Crippen MR) is 111 cm³/mol. The van der Waals surface area contributed by atoms with E-state index in [1.807, 2.05) is 0 Å². The van der Waals surface area contributed by atoms with Gasteiger partial charge in [-0.25, -0.2) is 9.59 Å². The fourth-order valence-electron chi connectivity index (χ4n) is 4.02. The molecule has 1 aromatic rings. The third-order valence-electron chi connectivity index (χ3n) is 5.54. The van der Waals surface area contributed by atoms with Gasteiger partial charge in [-0.05, 0) is 37.1 Å². The van der Waals surface area contributed by atoms with Crippen molar-refractivity contribution in [3.8, 4) is 0 Å². The first-order valence-electron chi connectivity index (χ1n) is 10.00. The van der Waals surface area contributed by atoms with Gasteiger partial charge in [0.15, 0.2) is 6.04 Å². The Hall–Kier alpha value is -2.39. The molecule has 2 amide bonds. The van der Waals surface area contributed by atoms with Gasteiger partial charge < -0.3 is 19.5 Å². The number of carbonyl (C=O) groups excluding carboxylic acids is 2. The SMILES string of the molecule is CNC(=S)C1[C@@H](OC2CCCCC2)OC(=O)N1c1ccc(N2CCOC2=O)cc1. The Morgan fingerprint density at radius 2 is 1.79 bits per heavy atom. The Labute approximate surface area is 175 Å². The van der Waals surface area contributed by atoms with E-state index in [9.17, 15) is 9.59 Å². The molecular weight excluding hydrogens is 394 g/mol. The van der Waals surface area contributed by atoms with Crippen molar-refractivity contribution in [1.82, 2.24) is 5.32 Å². The molecule has 1 N–H and O–H groups in total. The molecule has 0 bridgehead atoms. The van der Waals surface area contributed by atoms with Gasteiger partial charge in [0.2, 0.25) is 6.29 Å². The monoisotopic (exact) mass is 419 g/mol. The highest BCUT2D eigenvalue weighted by atomic mass is 32.1. The molecule has 0 radical (unpaired) electrons. The normalized spacial score (nSPS) is 25.1. The van der Waals surface area contributed by atoms with Crippen LogP contribution in [-0.2, 0) is 14.2 Å². The molecule has 2 saturated heterocycles. The number of thiocarbonyl (C=S) groups is 1. The predicted octanol–water partition coefficient (Wildman–Crippen LogP) is 3.19. The maximum atomic E-state index is 12.7. The van der Waals surface area contributed by atoms with Crippen molar-refractivity contribution in [1.29, 1.82) is 0 Å². The molecule has 2 aliphatic heterocycles. The van der Waals surface area contributed by atoms with Crippen molar-refractivity contribution < 1.29 is 23.8 Å². The van der Waals surface area contributed by atoms with Gasteiger partial charge in [0.05, 0.1) is 12.6 Å². The van der Waals surface area contributed by atoms with Gasteiger partial charge >= 0.3 is 12.2 Å². The van der Waals surface area contributed by atoms with Gasteiger partial charge in [0.25, 0.3) is 0 Å². The van der Waals surface area contributed by atoms with Gasteiger partial charge in [-0.1, -0.05) is 31.5 Å². The highest BCUT2D eigenvalue weighted by molar-refractivity contribution is 7.80. The summed E-state index contributed by atoms with van der Waals surface area (Å²) in [5, 5.41) is 2.96. The minimum absolute atomic E-state index is 0.0761. The average molecular weight is 420 g/mol. The van der Waals surface area contributed by atoms with E-state index in [0.717, 1.165) is 25.7 Å². The molecule has 1 unspecified atom stereocenters. The number of rotatable bonds is 5. The highest BCUT2D eigenvalue weighted by Gasteiger charge is 2.47. The van der Waals surface area contributed by atoms with E-state index in [1.54, 1.807) is 36.2 Å². The first-order chi connectivity index (χ1) is 14.1. The third-order valence-corrected chi connectivity index (χ3v) is 5.99. The molecule has 2 heterocycles. The summed E-state index contributed by atoms with van der Waals surface area (Å²) in [6.07, 6.45) is 3.85. The maximum absolute atomic E-state index is 12.7. The lowest BCUT2D eigenvalue weighted by atomic mass is 9.98. The zero-order valence-corrected chi connectivity index (χ0v) is 17.2. The van der Waals surface area contributed by atoms with Crippen LogP contribution >= 0.6 is 12.2 Å². The molecule has 0 spiro atoms. The topological polar surface area (TPSA) is 80.3 Å². The summed E-state index contributed by atoms with van der Waals surface area (Å²) in [7, 11) is 1.73. The van der Waals surface area contributed by atoms with Crippen LogP contribution in [-0.4, -0.2) is 55.8 Å². The van der Waals surface area contributed by atoms with Crippen molar-refractivity contribution in [2.45, 2.75) is 50.5 Å². The number of benzene rings is 1. The minimum Gasteiger partial charge on any atom is -0.447 e. The summed E-state index contributed by atoms with van der Waals surface area (Å²) in [6, 6.07) is 6.56. The van der Waals surface area contributed by atoms with Crippen LogP contribution < -0.4 is 15.1 Å². The first-order valence-corrected chi connectivity index (χ1v) is 10.4. The molecule has 8 nitrogen and oxygen atoms in total. The van der Waals surface area contributed by atoms with E-state index < -0.39 is 18.4 Å². The molecule has 3 fully saturated rings. The fraction of sp³-hybridized carbons (Fsp3) is 0.550. The van der Waals surface area contributed by atoms with E-state index >= 15 is 0 Å². The van der Waals surface area contributed by atoms with Crippen LogP contribution in [0.5, 0.6) is 0 Å². The second-order valence-electron chi connectivity index (χ2n) is 7.36. The summed E-state index contributed by atoms with van der Waals surface area (Å²) >= 11 is 5.48. The largest absolute Gasteiger partial charge is 0.447 e. The fourth-order valence-corrected chi connectivity index (χ4v) is 4.24. The van der Waals surface area contributed by atoms with Crippen LogP contribution in [0.2, 0.25) is 0 Å². The van der Waals surface area contributed by atoms with Crippen molar-refractivity contribution in [2.75, 3.05) is 30.0 Å². The quantitative estimate of drug-likeness (QED) is 0.734. The van der Waals surface area contributed by atoms with Crippen LogP contribution in [0.15, 0.2) is 24.3 Å². The minimum atomic E-state index is -0.751. The Morgan fingerprint density at radius 1 is 1.10 bits per heavy atom. The number of carbonyl (C=O) groups is 2. The third kappa shape index (κ3) is 4.02. The molecule has 29 heavy (non-hydrogen) atoms. The lowest BCUT2D eigenvalue weighted by molar-refractivity contribution is -0.128. The standard InChI is InChI=1S/C20H25N3O5S/c1-21-17(29)16-18(27-15-5-3-2-4-6-15)28-20(25)23(16)14-9-7-13(8-10-14)22-11-12-26-19(22)24/h7-10,15-16,18H,2-6,11-12H2,1H3,(H,21,29)/t16?,18-/m0/s1. The lowest BCUT2D eigenvalue weighted by Gasteiger charge is -2.29. The number of ether oxygens (including phenoxy) is 3. The van der Waals surface area contributed by atoms with Crippen molar-refractivity contribution in [2.24, 2.45) is 0 Å². The van der Waals surface area contributed by atoms with E-state index in [4.69, 9.17) is 26.4 Å². The average Bonchev–Trinajstić information content (AvgIpc) is 3.31. The van der Waals surface area contributed by atoms with Crippen LogP contribution in [0.25, 0.3) is 0 Å². The highest BCUT2D eigenvalue weighted by Crippen LogP contribution is 2.32. The van der Waals surface area contributed by atoms with Crippen molar-refractivity contribution in [3.63, 3.8) is 0 Å². The molecule has 156 valence electrons. The van der Waals surface area contributed by atoms with E-state index in [1.165, 1.54) is 11.3 Å². The van der Waals surface area contributed by atoms with Gasteiger partial charge in [-0.2, -0.15) is 0 Å². The Morgan fingerprint density at radius 3 is 2.41 bits per heavy atom. The van der Waals surface area contributed by atoms with E-state index in [2.05, 4.69) is 5.32 Å². The number of nitrogens with one attached hydrogen (secondary N) is 1. The van der Waals surface area contributed by atoms with Crippen LogP contribution in [0, 0.1) is 0 Å². The molecule has 0 aromatic heterocycles. The smallest absolute Gasteiger partial charge is 0.417 e. The molecular formula is C20H25N3O5S. The van der Waals surface area contributed by atoms with Crippen molar-refractivity contribution in [3.05, 3.63) is 24.3 Å². The number of nitrogens with zero attached hydrogens (tertiary/aromatic N) is 2. The Balaban J connectivity index is 1.55. The number of anilines is 2. The zero-order chi connectivity index (χ0) is 20.4. The van der Waals surface area contributed by atoms with Gasteiger partial charge in [-0.15, -0.1) is 0 Å². The van der Waals surface area contributed by atoms with Crippen LogP contribution in [0.1, 0.15) is 32.1 Å². The summed E-state index contributed by atoms with van der Waals surface area (Å²) in [4.78, 5) is 28.0. The van der Waals surface area contributed by atoms with Gasteiger partial charge in [0.1, 0.15) is 11.6 Å². The zero-order valence-electron chi connectivity index (χ0n) is 16.3. The summed E-state index contributed by atoms with van der Waals surface area (Å²) in [5.74, 6) is 0. The van der Waals surface area contributed by atoms with E-state index in [0.29, 0.717) is 29.5 Å². The summed E-state index contributed by atoms with van der Waals surface area (Å²) in [5.41, 5.74) is 1.34. The van der Waals surface area contributed by atoms with Crippen LogP contribution in [0.4, 0.5) is 21.0 Å². The van der Waals surface area contributed by atoms with Crippen molar-refractivity contribution >= 4 is 40.8 Å². The molecule has 3 aliphatic rings. The molecule has 1 aliphatic carbocycles. The molecule has 1 saturated carbocycles. The van der Waals surface area contributed by atoms with Crippen LogP contribution in [0.3, 0.4) is 0 Å². The number of cyclic esters (lactones) is 2. The Kier molecular flexibility index (Phi) is 5.86. The lowest BCUT2D eigenvalue weighted by Crippen LogP contribution is -2.48. The maximum Gasteiger partial charge on any atom is 0.417 e. The molecule has 9 heteroatoms. The first kappa shape index (κ1) is 19.9. The number of likely N-dealkylation sites (N-methyl/N-ethyl adjacent to an activating group) is 1. The summed E-state index contributed by atoms with van der Waals surface area (Å²) < 4.78 is 16.7.